The first kappa shape index (κ1) is 19.2. The molecular weight excluding hydrogens is 291 g/mol. The van der Waals surface area contributed by atoms with Crippen molar-refractivity contribution in [3.05, 3.63) is 23.8 Å². The van der Waals surface area contributed by atoms with E-state index in [0.717, 1.165) is 31.5 Å². The van der Waals surface area contributed by atoms with E-state index in [1.54, 1.807) is 6.07 Å². The minimum Gasteiger partial charge on any atom is -0.534 e. The molecule has 2 rings (SSSR count). The normalized spacial score (nSPS) is 15.1. The molecule has 1 radical (unpaired) electrons. The van der Waals surface area contributed by atoms with Crippen molar-refractivity contribution >= 4 is 0 Å². The number of hydrogen-bond acceptors (Lipinski definition) is 3. The van der Waals surface area contributed by atoms with Gasteiger partial charge in [-0.3, -0.25) is 0 Å². The number of rotatable bonds is 1. The van der Waals surface area contributed by atoms with Crippen LogP contribution in [0.4, 0.5) is 0 Å². The summed E-state index contributed by atoms with van der Waals surface area (Å²) in [5, 5.41) is 22.0. The van der Waals surface area contributed by atoms with Gasteiger partial charge in [-0.25, -0.2) is 0 Å². The molecule has 1 aliphatic rings. The third-order valence-corrected chi connectivity index (χ3v) is 2.72. The average molecular weight is 313 g/mol. The molecule has 0 aliphatic carbocycles. The fraction of sp³-hybridized carbons (Fsp3) is 0.538. The number of phenolic OH excluding ortho intramolecular Hbond substituents is 2. The summed E-state index contributed by atoms with van der Waals surface area (Å²) in [5.74, 6) is 0.585. The Morgan fingerprint density at radius 3 is 2.29 bits per heavy atom. The maximum absolute atomic E-state index is 9.64. The summed E-state index contributed by atoms with van der Waals surface area (Å²) in [7, 11) is 0. The van der Waals surface area contributed by atoms with Crippen LogP contribution in [0.15, 0.2) is 12.1 Å². The van der Waals surface area contributed by atoms with Crippen molar-refractivity contribution in [1.29, 1.82) is 0 Å². The van der Waals surface area contributed by atoms with Gasteiger partial charge < -0.3 is 15.5 Å². The Labute approximate surface area is 130 Å². The molecule has 1 fully saturated rings. The topological polar surface area (TPSA) is 52.5 Å². The Hall–Kier alpha value is -0.116. The minimum absolute atomic E-state index is 0. The number of hydrogen-bond donors (Lipinski definition) is 3. The van der Waals surface area contributed by atoms with Crippen molar-refractivity contribution in [3.8, 4) is 11.5 Å². The van der Waals surface area contributed by atoms with Gasteiger partial charge in [0, 0.05) is 44.2 Å². The molecule has 0 spiro atoms. The van der Waals surface area contributed by atoms with Crippen LogP contribution in [0.1, 0.15) is 39.2 Å². The van der Waals surface area contributed by atoms with E-state index in [4.69, 9.17) is 5.11 Å². The van der Waals surface area contributed by atoms with Crippen molar-refractivity contribution in [1.82, 2.24) is 5.32 Å². The van der Waals surface area contributed by atoms with Crippen LogP contribution in [0, 0.1) is 6.07 Å². The number of nitrogens with one attached hydrogen (secondary N) is 1. The van der Waals surface area contributed by atoms with E-state index in [2.05, 4.69) is 11.4 Å². The van der Waals surface area contributed by atoms with Crippen molar-refractivity contribution in [2.75, 3.05) is 13.1 Å². The van der Waals surface area contributed by atoms with E-state index in [1.165, 1.54) is 6.07 Å². The standard InChI is InChI=1S/C11H14NO2.2CH4.Y/c13-9-1-2-10(11(14)7-9)8-3-5-12-6-4-8;;;/h2,7-8,12-14H,3-6H2;2*1H4;/q-1;;;. The first-order valence-corrected chi connectivity index (χ1v) is 4.91. The largest absolute Gasteiger partial charge is 0.534 e. The molecule has 4 heteroatoms. The van der Waals surface area contributed by atoms with Gasteiger partial charge in [0.2, 0.25) is 0 Å². The van der Waals surface area contributed by atoms with Crippen LogP contribution < -0.4 is 5.32 Å². The van der Waals surface area contributed by atoms with Gasteiger partial charge >= 0.3 is 0 Å². The van der Waals surface area contributed by atoms with Crippen molar-refractivity contribution in [2.24, 2.45) is 0 Å². The van der Waals surface area contributed by atoms with Gasteiger partial charge in [0.05, 0.1) is 0 Å². The Bertz CT molecular complexity index is 325. The molecule has 17 heavy (non-hydrogen) atoms. The summed E-state index contributed by atoms with van der Waals surface area (Å²) in [4.78, 5) is 0. The maximum Gasteiger partial charge on any atom is 0.0151 e. The molecule has 1 heterocycles. The summed E-state index contributed by atoms with van der Waals surface area (Å²) in [6, 6.07) is 5.77. The first-order valence-electron chi connectivity index (χ1n) is 4.91. The molecule has 3 N–H and O–H groups in total. The molecule has 1 saturated heterocycles. The monoisotopic (exact) mass is 313 g/mol. The quantitative estimate of drug-likeness (QED) is 0.699. The summed E-state index contributed by atoms with van der Waals surface area (Å²) in [6.45, 7) is 1.98. The number of piperidine rings is 1. The number of benzene rings is 1. The Morgan fingerprint density at radius 2 is 1.76 bits per heavy atom. The minimum atomic E-state index is 0. The molecule has 1 aromatic carbocycles. The second kappa shape index (κ2) is 8.90. The zero-order chi connectivity index (χ0) is 9.97. The van der Waals surface area contributed by atoms with Crippen LogP contribution in [0.2, 0.25) is 0 Å². The molecular formula is C13H22NO2Y-. The van der Waals surface area contributed by atoms with E-state index in [-0.39, 0.29) is 59.1 Å². The van der Waals surface area contributed by atoms with E-state index in [1.807, 2.05) is 0 Å². The third-order valence-electron chi connectivity index (χ3n) is 2.72. The molecule has 0 aromatic heterocycles. The maximum atomic E-state index is 9.64. The summed E-state index contributed by atoms with van der Waals surface area (Å²) >= 11 is 0. The summed E-state index contributed by atoms with van der Waals surface area (Å²) < 4.78 is 0. The van der Waals surface area contributed by atoms with Crippen molar-refractivity contribution in [2.45, 2.75) is 33.6 Å². The predicted molar refractivity (Wildman–Crippen MR) is 66.9 cm³/mol. The smallest absolute Gasteiger partial charge is 0.0151 e. The first-order chi connectivity index (χ1) is 6.77. The fourth-order valence-electron chi connectivity index (χ4n) is 1.94. The van der Waals surface area contributed by atoms with Crippen LogP contribution >= 0.6 is 0 Å². The Morgan fingerprint density at radius 1 is 1.18 bits per heavy atom. The molecule has 1 aliphatic heterocycles. The molecule has 0 unspecified atom stereocenters. The molecule has 95 valence electrons. The van der Waals surface area contributed by atoms with Crippen LogP contribution in [0.5, 0.6) is 11.5 Å². The second-order valence-electron chi connectivity index (χ2n) is 3.68. The molecule has 0 saturated carbocycles. The van der Waals surface area contributed by atoms with Crippen molar-refractivity contribution < 1.29 is 42.9 Å². The van der Waals surface area contributed by atoms with E-state index < -0.39 is 0 Å². The van der Waals surface area contributed by atoms with Gasteiger partial charge in [-0.1, -0.05) is 26.8 Å². The van der Waals surface area contributed by atoms with E-state index >= 15 is 0 Å². The average Bonchev–Trinajstić information content (AvgIpc) is 2.19. The number of aromatic hydroxyl groups is 2. The van der Waals surface area contributed by atoms with Crippen LogP contribution in [-0.2, 0) is 32.7 Å². The SMILES string of the molecule is C.C.Oc1[c-]cc(C2CCNCC2)c(O)c1.[Y]. The second-order valence-corrected chi connectivity index (χ2v) is 3.68. The van der Waals surface area contributed by atoms with Gasteiger partial charge in [-0.15, -0.1) is 11.6 Å². The molecule has 0 amide bonds. The summed E-state index contributed by atoms with van der Waals surface area (Å²) in [6.07, 6.45) is 2.07. The molecule has 0 atom stereocenters. The Kier molecular flexibility index (Phi) is 10.1. The van der Waals surface area contributed by atoms with Crippen LogP contribution in [0.3, 0.4) is 0 Å². The summed E-state index contributed by atoms with van der Waals surface area (Å²) in [5.41, 5.74) is 0.907. The zero-order valence-corrected chi connectivity index (χ0v) is 11.4. The van der Waals surface area contributed by atoms with Gasteiger partial charge in [0.25, 0.3) is 0 Å². The van der Waals surface area contributed by atoms with Crippen LogP contribution in [0.25, 0.3) is 0 Å². The Balaban J connectivity index is 0. The van der Waals surface area contributed by atoms with Crippen molar-refractivity contribution in [3.63, 3.8) is 0 Å². The zero-order valence-electron chi connectivity index (χ0n) is 8.53. The molecule has 1 aromatic rings. The number of phenols is 2. The van der Waals surface area contributed by atoms with Gasteiger partial charge in [-0.2, -0.15) is 6.07 Å². The van der Waals surface area contributed by atoms with Gasteiger partial charge in [-0.05, 0) is 25.9 Å². The van der Waals surface area contributed by atoms with E-state index in [9.17, 15) is 5.11 Å². The molecule has 0 bridgehead atoms. The van der Waals surface area contributed by atoms with Crippen LogP contribution in [-0.4, -0.2) is 23.3 Å². The third kappa shape index (κ3) is 4.94. The molecule has 3 nitrogen and oxygen atoms in total. The van der Waals surface area contributed by atoms with Gasteiger partial charge in [0.15, 0.2) is 0 Å². The van der Waals surface area contributed by atoms with E-state index in [0.29, 0.717) is 5.92 Å². The van der Waals surface area contributed by atoms with Gasteiger partial charge in [0.1, 0.15) is 0 Å². The fourth-order valence-corrected chi connectivity index (χ4v) is 1.94. The predicted octanol–water partition coefficient (Wildman–Crippen LogP) is 2.63.